The second-order valence-electron chi connectivity index (χ2n) is 8.28. The summed E-state index contributed by atoms with van der Waals surface area (Å²) < 4.78 is 1.83. The fourth-order valence-corrected chi connectivity index (χ4v) is 4.29. The van der Waals surface area contributed by atoms with Gasteiger partial charge in [-0.15, -0.1) is 5.10 Å². The minimum absolute atomic E-state index is 0.629. The number of hydrogen-bond donors (Lipinski definition) is 0. The van der Waals surface area contributed by atoms with Gasteiger partial charge in [-0.2, -0.15) is 9.78 Å². The van der Waals surface area contributed by atoms with Gasteiger partial charge in [0.15, 0.2) is 11.5 Å². The number of pyridine rings is 1. The van der Waals surface area contributed by atoms with Gasteiger partial charge >= 0.3 is 0 Å². The molecule has 0 aliphatic rings. The van der Waals surface area contributed by atoms with Crippen LogP contribution in [0.2, 0.25) is 0 Å². The number of benzene rings is 2. The fourth-order valence-electron chi connectivity index (χ4n) is 4.29. The zero-order valence-electron chi connectivity index (χ0n) is 19.2. The Kier molecular flexibility index (Phi) is 5.84. The molecule has 0 aliphatic carbocycles. The molecule has 6 nitrogen and oxygen atoms in total. The summed E-state index contributed by atoms with van der Waals surface area (Å²) in [4.78, 5) is 13.9. The molecule has 2 aromatic carbocycles. The van der Waals surface area contributed by atoms with Gasteiger partial charge < -0.3 is 0 Å². The maximum Gasteiger partial charge on any atom is 0.182 e. The molecule has 0 fully saturated rings. The third kappa shape index (κ3) is 4.04. The SMILES string of the molecule is CCCc1nc(C)n2nc(-c3ccncc3)nc2c1Cc1ccc(-c2ccccc2)c(C#N)c1. The Bertz CT molecular complexity index is 1500. The van der Waals surface area contributed by atoms with Crippen LogP contribution in [-0.2, 0) is 12.8 Å². The molecule has 166 valence electrons. The number of hydrogen-bond acceptors (Lipinski definition) is 5. The Labute approximate surface area is 198 Å². The first kappa shape index (κ1) is 21.5. The van der Waals surface area contributed by atoms with Crippen LogP contribution in [0.4, 0.5) is 0 Å². The zero-order valence-corrected chi connectivity index (χ0v) is 19.2. The van der Waals surface area contributed by atoms with E-state index in [1.54, 1.807) is 12.4 Å². The van der Waals surface area contributed by atoms with Crippen molar-refractivity contribution < 1.29 is 0 Å². The van der Waals surface area contributed by atoms with Crippen molar-refractivity contribution in [1.29, 1.82) is 5.26 Å². The van der Waals surface area contributed by atoms with Crippen LogP contribution >= 0.6 is 0 Å². The van der Waals surface area contributed by atoms with Crippen LogP contribution in [0.25, 0.3) is 28.2 Å². The Morgan fingerprint density at radius 2 is 1.74 bits per heavy atom. The van der Waals surface area contributed by atoms with E-state index in [2.05, 4.69) is 24.0 Å². The smallest absolute Gasteiger partial charge is 0.182 e. The van der Waals surface area contributed by atoms with E-state index in [0.29, 0.717) is 17.8 Å². The molecule has 6 heteroatoms. The highest BCUT2D eigenvalue weighted by molar-refractivity contribution is 5.71. The van der Waals surface area contributed by atoms with E-state index in [4.69, 9.17) is 15.1 Å². The van der Waals surface area contributed by atoms with Crippen molar-refractivity contribution in [2.45, 2.75) is 33.1 Å². The molecule has 34 heavy (non-hydrogen) atoms. The first-order chi connectivity index (χ1) is 16.7. The van der Waals surface area contributed by atoms with E-state index in [1.165, 1.54) is 0 Å². The molecule has 0 radical (unpaired) electrons. The number of aryl methyl sites for hydroxylation is 2. The largest absolute Gasteiger partial charge is 0.265 e. The summed E-state index contributed by atoms with van der Waals surface area (Å²) in [5.74, 6) is 1.46. The Morgan fingerprint density at radius 3 is 2.47 bits per heavy atom. The molecule has 0 N–H and O–H groups in total. The molecule has 0 saturated carbocycles. The van der Waals surface area contributed by atoms with Crippen molar-refractivity contribution in [3.05, 3.63) is 101 Å². The lowest BCUT2D eigenvalue weighted by Gasteiger charge is -2.12. The standard InChI is InChI=1S/C28H24N6/c1-3-7-26-25(17-20-10-11-24(23(16-20)18-29)21-8-5-4-6-9-21)28-32-27(22-12-14-30-15-13-22)33-34(28)19(2)31-26/h4-6,8-16H,3,7,17H2,1-2H3. The number of nitriles is 1. The van der Waals surface area contributed by atoms with Crippen LogP contribution < -0.4 is 0 Å². The van der Waals surface area contributed by atoms with Gasteiger partial charge in [-0.1, -0.05) is 55.8 Å². The van der Waals surface area contributed by atoms with Gasteiger partial charge in [0, 0.05) is 35.6 Å². The van der Waals surface area contributed by atoms with Crippen molar-refractivity contribution in [2.24, 2.45) is 0 Å². The van der Waals surface area contributed by atoms with Crippen LogP contribution in [0.1, 0.15) is 41.6 Å². The number of rotatable bonds is 6. The van der Waals surface area contributed by atoms with Crippen molar-refractivity contribution in [2.75, 3.05) is 0 Å². The highest BCUT2D eigenvalue weighted by Crippen LogP contribution is 2.27. The van der Waals surface area contributed by atoms with E-state index < -0.39 is 0 Å². The van der Waals surface area contributed by atoms with Gasteiger partial charge in [0.2, 0.25) is 0 Å². The summed E-state index contributed by atoms with van der Waals surface area (Å²) in [7, 11) is 0. The first-order valence-corrected chi connectivity index (χ1v) is 11.4. The number of aromatic nitrogens is 5. The molecular weight excluding hydrogens is 420 g/mol. The van der Waals surface area contributed by atoms with E-state index in [0.717, 1.165) is 57.8 Å². The third-order valence-electron chi connectivity index (χ3n) is 5.92. The summed E-state index contributed by atoms with van der Waals surface area (Å²) in [6.07, 6.45) is 5.96. The highest BCUT2D eigenvalue weighted by atomic mass is 15.3. The van der Waals surface area contributed by atoms with Crippen LogP contribution in [0.5, 0.6) is 0 Å². The van der Waals surface area contributed by atoms with Crippen molar-refractivity contribution >= 4 is 5.65 Å². The van der Waals surface area contributed by atoms with Gasteiger partial charge in [-0.25, -0.2) is 9.97 Å². The molecule has 0 aliphatic heterocycles. The molecule has 0 atom stereocenters. The predicted molar refractivity (Wildman–Crippen MR) is 132 cm³/mol. The topological polar surface area (TPSA) is 79.8 Å². The summed E-state index contributed by atoms with van der Waals surface area (Å²) in [6.45, 7) is 4.11. The average molecular weight is 445 g/mol. The number of nitrogens with zero attached hydrogens (tertiary/aromatic N) is 6. The van der Waals surface area contributed by atoms with Gasteiger partial charge in [-0.3, -0.25) is 4.98 Å². The second kappa shape index (κ2) is 9.24. The fraction of sp³-hybridized carbons (Fsp3) is 0.179. The molecular formula is C28H24N6. The second-order valence-corrected chi connectivity index (χ2v) is 8.28. The molecule has 0 unspecified atom stereocenters. The monoisotopic (exact) mass is 444 g/mol. The molecule has 5 aromatic rings. The van der Waals surface area contributed by atoms with Crippen molar-refractivity contribution in [3.63, 3.8) is 0 Å². The molecule has 3 aromatic heterocycles. The summed E-state index contributed by atoms with van der Waals surface area (Å²) in [6, 6.07) is 22.3. The van der Waals surface area contributed by atoms with Crippen LogP contribution in [0.3, 0.4) is 0 Å². The summed E-state index contributed by atoms with van der Waals surface area (Å²) in [5, 5.41) is 14.6. The van der Waals surface area contributed by atoms with Crippen molar-refractivity contribution in [3.8, 4) is 28.6 Å². The first-order valence-electron chi connectivity index (χ1n) is 11.4. The van der Waals surface area contributed by atoms with Gasteiger partial charge in [0.05, 0.1) is 11.6 Å². The molecule has 0 saturated heterocycles. The Hall–Kier alpha value is -4.37. The highest BCUT2D eigenvalue weighted by Gasteiger charge is 2.18. The van der Waals surface area contributed by atoms with Gasteiger partial charge in [0.25, 0.3) is 0 Å². The van der Waals surface area contributed by atoms with Crippen molar-refractivity contribution in [1.82, 2.24) is 24.6 Å². The van der Waals surface area contributed by atoms with Gasteiger partial charge in [-0.05, 0) is 48.2 Å². The molecule has 5 rings (SSSR count). The average Bonchev–Trinajstić information content (AvgIpc) is 3.34. The third-order valence-corrected chi connectivity index (χ3v) is 5.92. The zero-order chi connectivity index (χ0) is 23.5. The van der Waals surface area contributed by atoms with E-state index in [-0.39, 0.29) is 0 Å². The lowest BCUT2D eigenvalue weighted by Crippen LogP contribution is -2.08. The predicted octanol–water partition coefficient (Wildman–Crippen LogP) is 5.58. The van der Waals surface area contributed by atoms with E-state index in [9.17, 15) is 5.26 Å². The minimum atomic E-state index is 0.629. The summed E-state index contributed by atoms with van der Waals surface area (Å²) in [5.41, 5.74) is 7.51. The molecule has 0 bridgehead atoms. The number of fused-ring (bicyclic) bond motifs is 1. The summed E-state index contributed by atoms with van der Waals surface area (Å²) >= 11 is 0. The van der Waals surface area contributed by atoms with Crippen LogP contribution in [-0.4, -0.2) is 24.6 Å². The lowest BCUT2D eigenvalue weighted by atomic mass is 9.95. The molecule has 3 heterocycles. The van der Waals surface area contributed by atoms with E-state index >= 15 is 0 Å². The van der Waals surface area contributed by atoms with Crippen LogP contribution in [0.15, 0.2) is 73.1 Å². The maximum absolute atomic E-state index is 9.85. The lowest BCUT2D eigenvalue weighted by molar-refractivity contribution is 0.792. The maximum atomic E-state index is 9.85. The minimum Gasteiger partial charge on any atom is -0.265 e. The molecule has 0 spiro atoms. The quantitative estimate of drug-likeness (QED) is 0.342. The molecule has 0 amide bonds. The Balaban J connectivity index is 1.61. The Morgan fingerprint density at radius 1 is 0.941 bits per heavy atom. The van der Waals surface area contributed by atoms with Crippen LogP contribution in [0, 0.1) is 18.3 Å². The van der Waals surface area contributed by atoms with E-state index in [1.807, 2.05) is 66.0 Å². The van der Waals surface area contributed by atoms with Gasteiger partial charge in [0.1, 0.15) is 5.82 Å². The normalized spacial score (nSPS) is 11.0.